The van der Waals surface area contributed by atoms with Gasteiger partial charge in [-0.1, -0.05) is 6.42 Å². The van der Waals surface area contributed by atoms with Crippen LogP contribution < -0.4 is 10.2 Å². The van der Waals surface area contributed by atoms with Gasteiger partial charge in [0.25, 0.3) is 0 Å². The number of rotatable bonds is 5. The average Bonchev–Trinajstić information content (AvgIpc) is 3.00. The quantitative estimate of drug-likeness (QED) is 0.886. The lowest BCUT2D eigenvalue weighted by atomic mass is 9.88. The molecule has 2 fully saturated rings. The van der Waals surface area contributed by atoms with Crippen molar-refractivity contribution in [3.63, 3.8) is 0 Å². The fourth-order valence-electron chi connectivity index (χ4n) is 4.22. The van der Waals surface area contributed by atoms with E-state index in [1.807, 2.05) is 7.05 Å². The Morgan fingerprint density at radius 1 is 1.25 bits per heavy atom. The number of hydrogen-bond acceptors (Lipinski definition) is 2. The summed E-state index contributed by atoms with van der Waals surface area (Å²) in [5.41, 5.74) is 2.03. The molecule has 0 heterocycles. The predicted molar refractivity (Wildman–Crippen MR) is 81.4 cm³/mol. The Morgan fingerprint density at radius 3 is 2.75 bits per heavy atom. The van der Waals surface area contributed by atoms with Crippen molar-refractivity contribution in [2.75, 3.05) is 25.5 Å². The van der Waals surface area contributed by atoms with Gasteiger partial charge in [0.15, 0.2) is 0 Å². The van der Waals surface area contributed by atoms with E-state index in [0.29, 0.717) is 6.54 Å². The molecule has 1 N–H and O–H groups in total. The molecule has 2 bridgehead atoms. The number of halogens is 1. The second-order valence-electron chi connectivity index (χ2n) is 6.66. The SMILES string of the molecule is CNCc1cc(F)cc(N(C)CC2CC3CCC2C3)c1. The van der Waals surface area contributed by atoms with E-state index in [0.717, 1.165) is 35.5 Å². The maximum absolute atomic E-state index is 13.7. The Hall–Kier alpha value is -1.09. The topological polar surface area (TPSA) is 15.3 Å². The smallest absolute Gasteiger partial charge is 0.125 e. The highest BCUT2D eigenvalue weighted by atomic mass is 19.1. The second kappa shape index (κ2) is 5.72. The van der Waals surface area contributed by atoms with Crippen LogP contribution in [0.3, 0.4) is 0 Å². The Labute approximate surface area is 121 Å². The van der Waals surface area contributed by atoms with Crippen LogP contribution >= 0.6 is 0 Å². The summed E-state index contributed by atoms with van der Waals surface area (Å²) in [6.45, 7) is 1.79. The van der Waals surface area contributed by atoms with E-state index in [1.165, 1.54) is 25.7 Å². The van der Waals surface area contributed by atoms with Crippen molar-refractivity contribution in [2.24, 2.45) is 17.8 Å². The Morgan fingerprint density at radius 2 is 2.10 bits per heavy atom. The van der Waals surface area contributed by atoms with Crippen LogP contribution in [0.2, 0.25) is 0 Å². The maximum Gasteiger partial charge on any atom is 0.125 e. The van der Waals surface area contributed by atoms with Gasteiger partial charge < -0.3 is 10.2 Å². The summed E-state index contributed by atoms with van der Waals surface area (Å²) in [6.07, 6.45) is 5.68. The highest BCUT2D eigenvalue weighted by Crippen LogP contribution is 2.48. The lowest BCUT2D eigenvalue weighted by molar-refractivity contribution is 0.337. The minimum atomic E-state index is -0.132. The van der Waals surface area contributed by atoms with Crippen molar-refractivity contribution in [1.82, 2.24) is 5.32 Å². The Balaban J connectivity index is 1.68. The fourth-order valence-corrected chi connectivity index (χ4v) is 4.22. The number of nitrogens with zero attached hydrogens (tertiary/aromatic N) is 1. The zero-order valence-corrected chi connectivity index (χ0v) is 12.5. The molecule has 3 heteroatoms. The molecule has 20 heavy (non-hydrogen) atoms. The van der Waals surface area contributed by atoms with Crippen LogP contribution in [0.15, 0.2) is 18.2 Å². The lowest BCUT2D eigenvalue weighted by Gasteiger charge is -2.29. The first-order valence-corrected chi connectivity index (χ1v) is 7.81. The Kier molecular flexibility index (Phi) is 3.97. The Bertz CT molecular complexity index is 474. The van der Waals surface area contributed by atoms with Crippen LogP contribution in [0.4, 0.5) is 10.1 Å². The van der Waals surface area contributed by atoms with Gasteiger partial charge in [-0.15, -0.1) is 0 Å². The molecule has 3 rings (SSSR count). The lowest BCUT2D eigenvalue weighted by Crippen LogP contribution is -2.28. The highest BCUT2D eigenvalue weighted by molar-refractivity contribution is 5.48. The number of anilines is 1. The molecular formula is C17H25FN2. The van der Waals surface area contributed by atoms with Crippen molar-refractivity contribution >= 4 is 5.69 Å². The molecule has 0 radical (unpaired) electrons. The monoisotopic (exact) mass is 276 g/mol. The summed E-state index contributed by atoms with van der Waals surface area (Å²) in [5.74, 6) is 2.58. The zero-order valence-electron chi connectivity index (χ0n) is 12.5. The van der Waals surface area contributed by atoms with Gasteiger partial charge in [-0.05, 0) is 67.8 Å². The first kappa shape index (κ1) is 13.9. The van der Waals surface area contributed by atoms with E-state index in [4.69, 9.17) is 0 Å². The van der Waals surface area contributed by atoms with Crippen LogP contribution in [0.1, 0.15) is 31.2 Å². The largest absolute Gasteiger partial charge is 0.374 e. The van der Waals surface area contributed by atoms with Crippen LogP contribution in [0.5, 0.6) is 0 Å². The number of nitrogens with one attached hydrogen (secondary N) is 1. The van der Waals surface area contributed by atoms with E-state index in [1.54, 1.807) is 12.1 Å². The van der Waals surface area contributed by atoms with Crippen molar-refractivity contribution in [3.8, 4) is 0 Å². The van der Waals surface area contributed by atoms with Crippen molar-refractivity contribution in [3.05, 3.63) is 29.6 Å². The van der Waals surface area contributed by atoms with Gasteiger partial charge >= 0.3 is 0 Å². The van der Waals surface area contributed by atoms with Gasteiger partial charge in [0, 0.05) is 25.8 Å². The first-order chi connectivity index (χ1) is 9.65. The van der Waals surface area contributed by atoms with Crippen LogP contribution in [0, 0.1) is 23.6 Å². The number of benzene rings is 1. The molecule has 0 amide bonds. The number of fused-ring (bicyclic) bond motifs is 2. The second-order valence-corrected chi connectivity index (χ2v) is 6.66. The van der Waals surface area contributed by atoms with E-state index in [-0.39, 0.29) is 5.82 Å². The van der Waals surface area contributed by atoms with Gasteiger partial charge in [0.1, 0.15) is 5.82 Å². The van der Waals surface area contributed by atoms with Gasteiger partial charge in [0.2, 0.25) is 0 Å². The first-order valence-electron chi connectivity index (χ1n) is 7.81. The molecule has 3 atom stereocenters. The third kappa shape index (κ3) is 2.83. The predicted octanol–water partition coefficient (Wildman–Crippen LogP) is 3.42. The fraction of sp³-hybridized carbons (Fsp3) is 0.647. The van der Waals surface area contributed by atoms with E-state index < -0.39 is 0 Å². The molecule has 0 aliphatic heterocycles. The molecular weight excluding hydrogens is 251 g/mol. The van der Waals surface area contributed by atoms with Crippen LogP contribution in [-0.4, -0.2) is 20.6 Å². The molecule has 0 aromatic heterocycles. The minimum absolute atomic E-state index is 0.132. The molecule has 2 saturated carbocycles. The summed E-state index contributed by atoms with van der Waals surface area (Å²) in [5, 5.41) is 3.09. The highest BCUT2D eigenvalue weighted by Gasteiger charge is 2.39. The van der Waals surface area contributed by atoms with E-state index in [2.05, 4.69) is 23.3 Å². The molecule has 3 unspecified atom stereocenters. The molecule has 2 aliphatic rings. The van der Waals surface area contributed by atoms with Crippen molar-refractivity contribution in [2.45, 2.75) is 32.2 Å². The summed E-state index contributed by atoms with van der Waals surface area (Å²) < 4.78 is 13.7. The van der Waals surface area contributed by atoms with Crippen LogP contribution in [-0.2, 0) is 6.54 Å². The van der Waals surface area contributed by atoms with Gasteiger partial charge in [-0.25, -0.2) is 4.39 Å². The molecule has 1 aromatic carbocycles. The van der Waals surface area contributed by atoms with Gasteiger partial charge in [0.05, 0.1) is 0 Å². The molecule has 2 nitrogen and oxygen atoms in total. The average molecular weight is 276 g/mol. The van der Waals surface area contributed by atoms with Gasteiger partial charge in [-0.2, -0.15) is 0 Å². The number of hydrogen-bond donors (Lipinski definition) is 1. The van der Waals surface area contributed by atoms with Crippen molar-refractivity contribution < 1.29 is 4.39 Å². The minimum Gasteiger partial charge on any atom is -0.374 e. The molecule has 2 aliphatic carbocycles. The summed E-state index contributed by atoms with van der Waals surface area (Å²) in [6, 6.07) is 5.38. The van der Waals surface area contributed by atoms with E-state index in [9.17, 15) is 4.39 Å². The maximum atomic E-state index is 13.7. The summed E-state index contributed by atoms with van der Waals surface area (Å²) in [7, 11) is 3.99. The van der Waals surface area contributed by atoms with E-state index >= 15 is 0 Å². The molecule has 0 saturated heterocycles. The van der Waals surface area contributed by atoms with Gasteiger partial charge in [-0.3, -0.25) is 0 Å². The standard InChI is InChI=1S/C17H25FN2/c1-19-10-13-7-16(18)9-17(8-13)20(2)11-15-6-12-3-4-14(15)5-12/h7-9,12,14-15,19H,3-6,10-11H2,1-2H3. The third-order valence-corrected chi connectivity index (χ3v) is 5.16. The van der Waals surface area contributed by atoms with Crippen LogP contribution in [0.25, 0.3) is 0 Å². The summed E-state index contributed by atoms with van der Waals surface area (Å²) >= 11 is 0. The third-order valence-electron chi connectivity index (χ3n) is 5.16. The molecule has 1 aromatic rings. The van der Waals surface area contributed by atoms with Crippen molar-refractivity contribution in [1.29, 1.82) is 0 Å². The molecule has 110 valence electrons. The zero-order chi connectivity index (χ0) is 14.1. The molecule has 0 spiro atoms. The summed E-state index contributed by atoms with van der Waals surface area (Å²) in [4.78, 5) is 2.24. The normalized spacial score (nSPS) is 28.1.